The van der Waals surface area contributed by atoms with E-state index in [1.807, 2.05) is 19.1 Å². The lowest BCUT2D eigenvalue weighted by Gasteiger charge is -2.02. The Morgan fingerprint density at radius 2 is 2.25 bits per heavy atom. The van der Waals surface area contributed by atoms with E-state index < -0.39 is 0 Å². The molecule has 1 aliphatic rings. The van der Waals surface area contributed by atoms with E-state index in [1.165, 1.54) is 5.56 Å². The minimum atomic E-state index is 0.0799. The predicted molar refractivity (Wildman–Crippen MR) is 51.2 cm³/mol. The Kier molecular flexibility index (Phi) is 1.68. The van der Waals surface area contributed by atoms with Crippen LogP contribution >= 0.6 is 15.9 Å². The van der Waals surface area contributed by atoms with Crippen molar-refractivity contribution < 1.29 is 4.79 Å². The second kappa shape index (κ2) is 2.59. The number of anilines is 1. The van der Waals surface area contributed by atoms with E-state index in [9.17, 15) is 4.79 Å². The summed E-state index contributed by atoms with van der Waals surface area (Å²) < 4.78 is 0.975. The Morgan fingerprint density at radius 1 is 1.50 bits per heavy atom. The first-order chi connectivity index (χ1) is 5.66. The zero-order chi connectivity index (χ0) is 8.72. The van der Waals surface area contributed by atoms with Gasteiger partial charge >= 0.3 is 0 Å². The molecule has 0 bridgehead atoms. The predicted octanol–water partition coefficient (Wildman–Crippen LogP) is 2.25. The van der Waals surface area contributed by atoms with Gasteiger partial charge in [-0.3, -0.25) is 4.79 Å². The van der Waals surface area contributed by atoms with E-state index in [0.717, 1.165) is 15.7 Å². The average Bonchev–Trinajstić information content (AvgIpc) is 2.29. The first-order valence-corrected chi connectivity index (χ1v) is 4.55. The molecule has 12 heavy (non-hydrogen) atoms. The highest BCUT2D eigenvalue weighted by Gasteiger charge is 2.19. The van der Waals surface area contributed by atoms with E-state index in [0.29, 0.717) is 6.42 Å². The average molecular weight is 226 g/mol. The third-order valence-corrected chi connectivity index (χ3v) is 2.56. The molecule has 1 aromatic carbocycles. The summed E-state index contributed by atoms with van der Waals surface area (Å²) in [5.74, 6) is 0.0799. The van der Waals surface area contributed by atoms with Crippen molar-refractivity contribution in [2.75, 3.05) is 5.32 Å². The highest BCUT2D eigenvalue weighted by Crippen LogP contribution is 2.32. The van der Waals surface area contributed by atoms with E-state index in [4.69, 9.17) is 0 Å². The fourth-order valence-electron chi connectivity index (χ4n) is 1.45. The van der Waals surface area contributed by atoms with Gasteiger partial charge in [-0.25, -0.2) is 0 Å². The molecule has 2 rings (SSSR count). The molecule has 1 N–H and O–H groups in total. The van der Waals surface area contributed by atoms with Gasteiger partial charge in [-0.2, -0.15) is 0 Å². The second-order valence-corrected chi connectivity index (χ2v) is 3.86. The highest BCUT2D eigenvalue weighted by molar-refractivity contribution is 9.10. The maximum absolute atomic E-state index is 11.0. The van der Waals surface area contributed by atoms with E-state index >= 15 is 0 Å². The SMILES string of the molecule is Cc1cc(Br)c2c(c1)CC(=O)N2. The molecule has 0 saturated carbocycles. The van der Waals surface area contributed by atoms with Gasteiger partial charge in [-0.15, -0.1) is 0 Å². The Labute approximate surface area is 79.1 Å². The minimum Gasteiger partial charge on any atom is -0.325 e. The van der Waals surface area contributed by atoms with Crippen LogP contribution in [0.2, 0.25) is 0 Å². The molecule has 0 radical (unpaired) electrons. The largest absolute Gasteiger partial charge is 0.325 e. The molecule has 0 unspecified atom stereocenters. The molecule has 0 spiro atoms. The molecule has 1 heterocycles. The summed E-state index contributed by atoms with van der Waals surface area (Å²) in [6.07, 6.45) is 0.510. The fraction of sp³-hybridized carbons (Fsp3) is 0.222. The summed E-state index contributed by atoms with van der Waals surface area (Å²) in [6.45, 7) is 2.02. The molecule has 1 aliphatic heterocycles. The zero-order valence-corrected chi connectivity index (χ0v) is 8.23. The van der Waals surface area contributed by atoms with Crippen molar-refractivity contribution in [2.24, 2.45) is 0 Å². The molecule has 0 saturated heterocycles. The quantitative estimate of drug-likeness (QED) is 0.722. The number of benzene rings is 1. The van der Waals surface area contributed by atoms with Gasteiger partial charge in [0, 0.05) is 4.47 Å². The van der Waals surface area contributed by atoms with Gasteiger partial charge in [0.05, 0.1) is 12.1 Å². The van der Waals surface area contributed by atoms with Crippen LogP contribution in [-0.2, 0) is 11.2 Å². The monoisotopic (exact) mass is 225 g/mol. The first kappa shape index (κ1) is 7.80. The molecular weight excluding hydrogens is 218 g/mol. The van der Waals surface area contributed by atoms with E-state index in [-0.39, 0.29) is 5.91 Å². The zero-order valence-electron chi connectivity index (χ0n) is 6.65. The lowest BCUT2D eigenvalue weighted by molar-refractivity contribution is -0.115. The third kappa shape index (κ3) is 1.14. The van der Waals surface area contributed by atoms with E-state index in [1.54, 1.807) is 0 Å². The molecule has 62 valence electrons. The first-order valence-electron chi connectivity index (χ1n) is 3.75. The summed E-state index contributed by atoms with van der Waals surface area (Å²) in [4.78, 5) is 11.0. The van der Waals surface area contributed by atoms with Gasteiger partial charge in [0.1, 0.15) is 0 Å². The number of carbonyl (C=O) groups is 1. The number of halogens is 1. The molecular formula is C9H8BrNO. The van der Waals surface area contributed by atoms with Crippen LogP contribution in [-0.4, -0.2) is 5.91 Å². The van der Waals surface area contributed by atoms with Gasteiger partial charge in [-0.1, -0.05) is 6.07 Å². The number of rotatable bonds is 0. The van der Waals surface area contributed by atoms with Gasteiger partial charge in [0.25, 0.3) is 0 Å². The van der Waals surface area contributed by atoms with Crippen LogP contribution in [0.25, 0.3) is 0 Å². The highest BCUT2D eigenvalue weighted by atomic mass is 79.9. The molecule has 0 aromatic heterocycles. The molecule has 2 nitrogen and oxygen atoms in total. The van der Waals surface area contributed by atoms with E-state index in [2.05, 4.69) is 21.2 Å². The second-order valence-electron chi connectivity index (χ2n) is 3.01. The van der Waals surface area contributed by atoms with Gasteiger partial charge in [0.2, 0.25) is 5.91 Å². The van der Waals surface area contributed by atoms with Crippen LogP contribution < -0.4 is 5.32 Å². The summed E-state index contributed by atoms with van der Waals surface area (Å²) in [7, 11) is 0. The Balaban J connectivity index is 2.59. The summed E-state index contributed by atoms with van der Waals surface area (Å²) in [5, 5.41) is 2.81. The maximum atomic E-state index is 11.0. The summed E-state index contributed by atoms with van der Waals surface area (Å²) in [6, 6.07) is 4.04. The molecule has 3 heteroatoms. The Hall–Kier alpha value is -0.830. The van der Waals surface area contributed by atoms with Gasteiger partial charge < -0.3 is 5.32 Å². The number of amides is 1. The normalized spacial score (nSPS) is 14.3. The number of fused-ring (bicyclic) bond motifs is 1. The smallest absolute Gasteiger partial charge is 0.228 e. The number of nitrogens with one attached hydrogen (secondary N) is 1. The standard InChI is InChI=1S/C9H8BrNO/c1-5-2-6-4-8(12)11-9(6)7(10)3-5/h2-3H,4H2,1H3,(H,11,12). The van der Waals surface area contributed by atoms with Gasteiger partial charge in [-0.05, 0) is 40.0 Å². The molecule has 1 aromatic rings. The van der Waals surface area contributed by atoms with Crippen LogP contribution in [0.4, 0.5) is 5.69 Å². The Morgan fingerprint density at radius 3 is 3.00 bits per heavy atom. The maximum Gasteiger partial charge on any atom is 0.228 e. The molecule has 0 atom stereocenters. The molecule has 0 fully saturated rings. The van der Waals surface area contributed by atoms with Crippen LogP contribution in [0.15, 0.2) is 16.6 Å². The number of carbonyl (C=O) groups excluding carboxylic acids is 1. The van der Waals surface area contributed by atoms with Crippen LogP contribution in [0.1, 0.15) is 11.1 Å². The topological polar surface area (TPSA) is 29.1 Å². The summed E-state index contributed by atoms with van der Waals surface area (Å²) >= 11 is 3.41. The lowest BCUT2D eigenvalue weighted by atomic mass is 10.1. The Bertz CT molecular complexity index is 360. The van der Waals surface area contributed by atoms with Crippen molar-refractivity contribution in [3.63, 3.8) is 0 Å². The minimum absolute atomic E-state index is 0.0799. The van der Waals surface area contributed by atoms with Crippen molar-refractivity contribution in [3.8, 4) is 0 Å². The number of hydrogen-bond acceptors (Lipinski definition) is 1. The van der Waals surface area contributed by atoms with Crippen molar-refractivity contribution in [1.82, 2.24) is 0 Å². The van der Waals surface area contributed by atoms with Crippen LogP contribution in [0.3, 0.4) is 0 Å². The lowest BCUT2D eigenvalue weighted by Crippen LogP contribution is -2.03. The third-order valence-electron chi connectivity index (χ3n) is 1.93. The number of hydrogen-bond donors (Lipinski definition) is 1. The fourth-order valence-corrected chi connectivity index (χ4v) is 2.16. The molecule has 1 amide bonds. The van der Waals surface area contributed by atoms with Crippen LogP contribution in [0.5, 0.6) is 0 Å². The van der Waals surface area contributed by atoms with Crippen molar-refractivity contribution in [1.29, 1.82) is 0 Å². The van der Waals surface area contributed by atoms with Gasteiger partial charge in [0.15, 0.2) is 0 Å². The van der Waals surface area contributed by atoms with Crippen molar-refractivity contribution in [2.45, 2.75) is 13.3 Å². The summed E-state index contributed by atoms with van der Waals surface area (Å²) in [5.41, 5.74) is 3.20. The number of aryl methyl sites for hydroxylation is 1. The van der Waals surface area contributed by atoms with Crippen molar-refractivity contribution in [3.05, 3.63) is 27.7 Å². The van der Waals surface area contributed by atoms with Crippen molar-refractivity contribution >= 4 is 27.5 Å². The van der Waals surface area contributed by atoms with Crippen LogP contribution in [0, 0.1) is 6.92 Å². The molecule has 0 aliphatic carbocycles.